The van der Waals surface area contributed by atoms with Crippen LogP contribution in [0.3, 0.4) is 0 Å². The fourth-order valence-corrected chi connectivity index (χ4v) is 14.3. The summed E-state index contributed by atoms with van der Waals surface area (Å²) in [5.41, 5.74) is 22.0. The second kappa shape index (κ2) is 15.2. The number of hydrogen-bond donors (Lipinski definition) is 0. The van der Waals surface area contributed by atoms with Crippen LogP contribution < -0.4 is 31.1 Å². The summed E-state index contributed by atoms with van der Waals surface area (Å²) in [6.45, 7) is 21.5. The van der Waals surface area contributed by atoms with E-state index in [2.05, 4.69) is 241 Å². The third-order valence-electron chi connectivity index (χ3n) is 17.1. The van der Waals surface area contributed by atoms with Gasteiger partial charge in [-0.3, -0.25) is 0 Å². The van der Waals surface area contributed by atoms with Crippen LogP contribution in [-0.4, -0.2) is 12.3 Å². The van der Waals surface area contributed by atoms with Crippen LogP contribution in [0.1, 0.15) is 103 Å². The largest absolute Gasteiger partial charge is 0.334 e. The molecule has 346 valence electrons. The van der Waals surface area contributed by atoms with E-state index in [1.165, 1.54) is 135 Å². The molecule has 4 aliphatic rings. The number of hydrogen-bond acceptors (Lipinski definition) is 4. The fraction of sp³-hybridized carbons (Fsp3) is 0.262. The average Bonchev–Trinajstić information content (AvgIpc) is 3.82. The van der Waals surface area contributed by atoms with E-state index >= 15 is 0 Å². The molecule has 1 aromatic heterocycles. The Bertz CT molecular complexity index is 3610. The van der Waals surface area contributed by atoms with Crippen molar-refractivity contribution < 1.29 is 0 Å². The van der Waals surface area contributed by atoms with Crippen molar-refractivity contribution in [3.63, 3.8) is 0 Å². The van der Waals surface area contributed by atoms with E-state index in [0.717, 1.165) is 6.42 Å². The number of benzene rings is 8. The van der Waals surface area contributed by atoms with Crippen molar-refractivity contribution in [3.8, 4) is 11.1 Å². The predicted molar refractivity (Wildman–Crippen MR) is 304 cm³/mol. The van der Waals surface area contributed by atoms with Gasteiger partial charge in [0.25, 0.3) is 6.71 Å². The molecule has 3 nitrogen and oxygen atoms in total. The van der Waals surface area contributed by atoms with E-state index in [9.17, 15) is 0 Å². The maximum absolute atomic E-state index is 2.77. The smallest absolute Gasteiger partial charge is 0.252 e. The Labute approximate surface area is 419 Å². The van der Waals surface area contributed by atoms with Gasteiger partial charge in [0.1, 0.15) is 0 Å². The van der Waals surface area contributed by atoms with E-state index in [1.54, 1.807) is 0 Å². The Morgan fingerprint density at radius 3 is 1.89 bits per heavy atom. The van der Waals surface area contributed by atoms with Crippen molar-refractivity contribution >= 4 is 100 Å². The number of rotatable bonds is 4. The molecule has 13 rings (SSSR count). The molecular weight excluding hydrogens is 866 g/mol. The van der Waals surface area contributed by atoms with Gasteiger partial charge in [-0.2, -0.15) is 0 Å². The summed E-state index contributed by atoms with van der Waals surface area (Å²) in [6.07, 6.45) is 4.80. The highest BCUT2D eigenvalue weighted by Gasteiger charge is 2.58. The summed E-state index contributed by atoms with van der Waals surface area (Å²) in [4.78, 5) is 8.01. The van der Waals surface area contributed by atoms with Crippen molar-refractivity contribution in [2.24, 2.45) is 0 Å². The van der Waals surface area contributed by atoms with Crippen molar-refractivity contribution in [2.45, 2.75) is 110 Å². The van der Waals surface area contributed by atoms with Crippen LogP contribution in [0.25, 0.3) is 31.3 Å². The molecule has 70 heavy (non-hydrogen) atoms. The maximum atomic E-state index is 2.77. The minimum Gasteiger partial charge on any atom is -0.334 e. The van der Waals surface area contributed by atoms with Gasteiger partial charge in [0.15, 0.2) is 0 Å². The molecule has 0 radical (unpaired) electrons. The molecule has 1 aliphatic carbocycles. The lowest BCUT2D eigenvalue weighted by Crippen LogP contribution is -2.61. The van der Waals surface area contributed by atoms with Gasteiger partial charge in [-0.1, -0.05) is 152 Å². The highest BCUT2D eigenvalue weighted by Crippen LogP contribution is 2.62. The van der Waals surface area contributed by atoms with Crippen LogP contribution in [0.4, 0.5) is 45.5 Å². The Morgan fingerprint density at radius 2 is 1.13 bits per heavy atom. The van der Waals surface area contributed by atoms with Gasteiger partial charge in [-0.15, -0.1) is 11.3 Å². The fourth-order valence-electron chi connectivity index (χ4n) is 13.2. The molecule has 0 amide bonds. The summed E-state index contributed by atoms with van der Waals surface area (Å²) < 4.78 is 2.64. The molecular formula is C65H62BN3S. The molecule has 3 aliphatic heterocycles. The van der Waals surface area contributed by atoms with Crippen LogP contribution in [0, 0.1) is 6.92 Å². The third-order valence-corrected chi connectivity index (χ3v) is 18.3. The van der Waals surface area contributed by atoms with E-state index < -0.39 is 0 Å². The zero-order valence-electron chi connectivity index (χ0n) is 42.2. The summed E-state index contributed by atoms with van der Waals surface area (Å²) >= 11 is 1.90. The standard InChI is InChI=1S/C65H62BN3S/c1-41-34-57-61-58(35-41)68(47-26-28-50-49-22-13-14-23-59(49)70-60(50)40-47)56-39-48(69-54-31-24-43(42-18-11-10-12-19-42)36-51(54)64(8)32-15-16-33-65(64,69)9)27-30-53(56)66(61)52-29-25-45(63(5,6)7)38-55(52)67(57)46-21-17-20-44(37-46)62(2,3)4/h10-14,17-31,34-40H,15-16,32-33H2,1-9H3. The van der Waals surface area contributed by atoms with Gasteiger partial charge in [0, 0.05) is 71.1 Å². The number of nitrogens with zero attached hydrogens (tertiary/aromatic N) is 3. The van der Waals surface area contributed by atoms with Gasteiger partial charge >= 0.3 is 0 Å². The van der Waals surface area contributed by atoms with Crippen LogP contribution in [0.5, 0.6) is 0 Å². The van der Waals surface area contributed by atoms with Gasteiger partial charge in [0.2, 0.25) is 0 Å². The predicted octanol–water partition coefficient (Wildman–Crippen LogP) is 16.4. The molecule has 1 fully saturated rings. The minimum absolute atomic E-state index is 0.00130. The number of aryl methyl sites for hydroxylation is 1. The molecule has 0 saturated heterocycles. The number of thiophene rings is 1. The van der Waals surface area contributed by atoms with Gasteiger partial charge in [-0.25, -0.2) is 0 Å². The highest BCUT2D eigenvalue weighted by molar-refractivity contribution is 7.25. The van der Waals surface area contributed by atoms with E-state index in [-0.39, 0.29) is 28.5 Å². The Morgan fingerprint density at radius 1 is 0.486 bits per heavy atom. The van der Waals surface area contributed by atoms with Crippen molar-refractivity contribution in [3.05, 3.63) is 186 Å². The zero-order valence-corrected chi connectivity index (χ0v) is 43.1. The monoisotopic (exact) mass is 927 g/mol. The lowest BCUT2D eigenvalue weighted by molar-refractivity contribution is 0.195. The summed E-state index contributed by atoms with van der Waals surface area (Å²) in [6, 6.07) is 63.7. The average molecular weight is 928 g/mol. The quantitative estimate of drug-likeness (QED) is 0.163. The molecule has 5 heteroatoms. The van der Waals surface area contributed by atoms with Gasteiger partial charge < -0.3 is 14.7 Å². The summed E-state index contributed by atoms with van der Waals surface area (Å²) in [5, 5.41) is 2.65. The second-order valence-electron chi connectivity index (χ2n) is 23.4. The van der Waals surface area contributed by atoms with Crippen LogP contribution in [-0.2, 0) is 16.2 Å². The summed E-state index contributed by atoms with van der Waals surface area (Å²) in [5.74, 6) is 0. The first-order valence-corrected chi connectivity index (χ1v) is 26.5. The topological polar surface area (TPSA) is 9.72 Å². The Balaban J connectivity index is 1.08. The normalized spacial score (nSPS) is 19.3. The first-order valence-electron chi connectivity index (χ1n) is 25.7. The van der Waals surface area contributed by atoms with Crippen molar-refractivity contribution in [2.75, 3.05) is 14.7 Å². The first kappa shape index (κ1) is 43.5. The maximum Gasteiger partial charge on any atom is 0.252 e. The van der Waals surface area contributed by atoms with Crippen LogP contribution in [0.2, 0.25) is 0 Å². The first-order chi connectivity index (χ1) is 33.6. The van der Waals surface area contributed by atoms with Crippen LogP contribution >= 0.6 is 11.3 Å². The van der Waals surface area contributed by atoms with Crippen LogP contribution in [0.15, 0.2) is 164 Å². The molecule has 9 aromatic rings. The number of anilines is 8. The second-order valence-corrected chi connectivity index (χ2v) is 24.5. The van der Waals surface area contributed by atoms with Crippen molar-refractivity contribution in [1.82, 2.24) is 0 Å². The SMILES string of the molecule is Cc1cc2c3c(c1)N(c1cccc(C(C)(C)C)c1)c1cc(C(C)(C)C)ccc1B3c1ccc(N3c4ccc(-c5ccccc5)cc4C4(C)CCCCC34C)cc1N2c1ccc2c(c1)sc1ccccc12. The van der Waals surface area contributed by atoms with E-state index in [0.29, 0.717) is 0 Å². The minimum atomic E-state index is -0.100. The van der Waals surface area contributed by atoms with Crippen molar-refractivity contribution in [1.29, 1.82) is 0 Å². The molecule has 8 aromatic carbocycles. The Kier molecular flexibility index (Phi) is 9.45. The van der Waals surface area contributed by atoms with E-state index in [1.807, 2.05) is 11.3 Å². The zero-order chi connectivity index (χ0) is 48.1. The Hall–Kier alpha value is -6.56. The molecule has 2 unspecified atom stereocenters. The lowest BCUT2D eigenvalue weighted by atomic mass is 9.33. The van der Waals surface area contributed by atoms with E-state index in [4.69, 9.17) is 0 Å². The number of fused-ring (bicyclic) bond motifs is 10. The lowest BCUT2D eigenvalue weighted by Gasteiger charge is -2.50. The van der Waals surface area contributed by atoms with Gasteiger partial charge in [-0.05, 0) is 160 Å². The third kappa shape index (κ3) is 6.32. The molecule has 1 saturated carbocycles. The van der Waals surface area contributed by atoms with Gasteiger partial charge in [0.05, 0.1) is 5.54 Å². The molecule has 4 heterocycles. The highest BCUT2D eigenvalue weighted by atomic mass is 32.1. The molecule has 0 N–H and O–H groups in total. The molecule has 0 bridgehead atoms. The summed E-state index contributed by atoms with van der Waals surface area (Å²) in [7, 11) is 0. The molecule has 2 atom stereocenters. The molecule has 0 spiro atoms.